The highest BCUT2D eigenvalue weighted by Gasteiger charge is 2.15. The van der Waals surface area contributed by atoms with Gasteiger partial charge in [0.05, 0.1) is 12.0 Å². The Bertz CT molecular complexity index is 1160. The minimum Gasteiger partial charge on any atom is -0.507 e. The number of anilines is 1. The van der Waals surface area contributed by atoms with Gasteiger partial charge in [0.2, 0.25) is 11.8 Å². The average Bonchev–Trinajstić information content (AvgIpc) is 3.06. The van der Waals surface area contributed by atoms with Gasteiger partial charge in [-0.25, -0.2) is 4.98 Å². The van der Waals surface area contributed by atoms with Gasteiger partial charge in [0.15, 0.2) is 5.58 Å². The molecule has 0 aliphatic carbocycles. The molecule has 0 unspecified atom stereocenters. The minimum absolute atomic E-state index is 0.00144. The van der Waals surface area contributed by atoms with Crippen LogP contribution in [-0.4, -0.2) is 16.0 Å². The van der Waals surface area contributed by atoms with Crippen molar-refractivity contribution in [2.24, 2.45) is 0 Å². The van der Waals surface area contributed by atoms with Crippen molar-refractivity contribution < 1.29 is 14.3 Å². The molecule has 140 valence electrons. The smallest absolute Gasteiger partial charge is 0.231 e. The molecule has 28 heavy (non-hydrogen) atoms. The zero-order chi connectivity index (χ0) is 19.7. The van der Waals surface area contributed by atoms with Crippen LogP contribution in [0.25, 0.3) is 22.6 Å². The zero-order valence-corrected chi connectivity index (χ0v) is 15.7. The monoisotopic (exact) mass is 372 g/mol. The number of phenols is 1. The molecule has 0 aliphatic rings. The number of aromatic nitrogens is 1. The molecule has 0 bridgehead atoms. The lowest BCUT2D eigenvalue weighted by Crippen LogP contribution is -2.14. The van der Waals surface area contributed by atoms with Gasteiger partial charge in [-0.3, -0.25) is 4.79 Å². The molecule has 0 atom stereocenters. The summed E-state index contributed by atoms with van der Waals surface area (Å²) >= 11 is 0. The molecule has 1 amide bonds. The summed E-state index contributed by atoms with van der Waals surface area (Å²) in [4.78, 5) is 16.7. The second kappa shape index (κ2) is 7.19. The summed E-state index contributed by atoms with van der Waals surface area (Å²) in [6.07, 6.45) is 0.271. The molecule has 4 rings (SSSR count). The molecule has 0 spiro atoms. The normalized spacial score (nSPS) is 10.9. The predicted molar refractivity (Wildman–Crippen MR) is 109 cm³/mol. The van der Waals surface area contributed by atoms with Gasteiger partial charge in [-0.2, -0.15) is 0 Å². The molecule has 4 aromatic rings. The number of amides is 1. The van der Waals surface area contributed by atoms with E-state index < -0.39 is 0 Å². The lowest BCUT2D eigenvalue weighted by atomic mass is 10.1. The summed E-state index contributed by atoms with van der Waals surface area (Å²) in [5.74, 6) is 0.202. The Labute approximate surface area is 162 Å². The fourth-order valence-electron chi connectivity index (χ4n) is 3.27. The van der Waals surface area contributed by atoms with Crippen LogP contribution in [0.4, 0.5) is 5.69 Å². The van der Waals surface area contributed by atoms with Gasteiger partial charge >= 0.3 is 0 Å². The van der Waals surface area contributed by atoms with E-state index in [1.54, 1.807) is 12.1 Å². The van der Waals surface area contributed by atoms with Crippen molar-refractivity contribution in [2.45, 2.75) is 20.3 Å². The summed E-state index contributed by atoms with van der Waals surface area (Å²) in [6.45, 7) is 3.97. The molecule has 3 aromatic carbocycles. The molecule has 0 radical (unpaired) electrons. The third-order valence-electron chi connectivity index (χ3n) is 4.54. The quantitative estimate of drug-likeness (QED) is 0.529. The number of carbonyl (C=O) groups is 1. The van der Waals surface area contributed by atoms with Gasteiger partial charge in [0.1, 0.15) is 11.3 Å². The number of rotatable bonds is 4. The van der Waals surface area contributed by atoms with E-state index in [1.165, 1.54) is 6.07 Å². The number of fused-ring (bicyclic) bond motifs is 1. The van der Waals surface area contributed by atoms with E-state index in [0.29, 0.717) is 22.7 Å². The van der Waals surface area contributed by atoms with Crippen LogP contribution < -0.4 is 5.32 Å². The van der Waals surface area contributed by atoms with Crippen LogP contribution in [0.5, 0.6) is 5.75 Å². The molecule has 0 saturated carbocycles. The Balaban J connectivity index is 1.56. The van der Waals surface area contributed by atoms with Crippen molar-refractivity contribution in [1.82, 2.24) is 4.98 Å². The highest BCUT2D eigenvalue weighted by molar-refractivity contribution is 5.93. The number of hydrogen-bond acceptors (Lipinski definition) is 4. The standard InChI is InChI=1S/C23H20N2O3/c1-14-10-15(2)22-19(11-14)25-23(28-22)18-9-8-17(13-20(18)26)24-21(27)12-16-6-4-3-5-7-16/h3-11,13,26H,12H2,1-2H3,(H,24,27). The molecular weight excluding hydrogens is 352 g/mol. The number of nitrogens with zero attached hydrogens (tertiary/aromatic N) is 1. The first-order valence-corrected chi connectivity index (χ1v) is 9.04. The van der Waals surface area contributed by atoms with Crippen LogP contribution in [0.3, 0.4) is 0 Å². The number of carbonyl (C=O) groups excluding carboxylic acids is 1. The Kier molecular flexibility index (Phi) is 4.57. The number of aryl methyl sites for hydroxylation is 2. The fraction of sp³-hybridized carbons (Fsp3) is 0.130. The van der Waals surface area contributed by atoms with Crippen LogP contribution in [0, 0.1) is 13.8 Å². The summed E-state index contributed by atoms with van der Waals surface area (Å²) in [5, 5.41) is 13.2. The number of benzene rings is 3. The largest absolute Gasteiger partial charge is 0.507 e. The number of oxazole rings is 1. The highest BCUT2D eigenvalue weighted by Crippen LogP contribution is 2.34. The number of nitrogens with one attached hydrogen (secondary N) is 1. The van der Waals surface area contributed by atoms with Crippen molar-refractivity contribution >= 4 is 22.7 Å². The molecule has 0 saturated heterocycles. The van der Waals surface area contributed by atoms with Gasteiger partial charge in [-0.15, -0.1) is 0 Å². The van der Waals surface area contributed by atoms with E-state index in [0.717, 1.165) is 22.2 Å². The van der Waals surface area contributed by atoms with Crippen LogP contribution in [0.15, 0.2) is 65.1 Å². The maximum Gasteiger partial charge on any atom is 0.231 e. The molecular formula is C23H20N2O3. The maximum atomic E-state index is 12.2. The van der Waals surface area contributed by atoms with Crippen LogP contribution in [-0.2, 0) is 11.2 Å². The van der Waals surface area contributed by atoms with Crippen molar-refractivity contribution in [2.75, 3.05) is 5.32 Å². The lowest BCUT2D eigenvalue weighted by molar-refractivity contribution is -0.115. The van der Waals surface area contributed by atoms with Crippen molar-refractivity contribution in [1.29, 1.82) is 0 Å². The SMILES string of the molecule is Cc1cc(C)c2oc(-c3ccc(NC(=O)Cc4ccccc4)cc3O)nc2c1. The van der Waals surface area contributed by atoms with Gasteiger partial charge in [-0.05, 0) is 48.7 Å². The third-order valence-corrected chi connectivity index (χ3v) is 4.54. The van der Waals surface area contributed by atoms with Crippen LogP contribution >= 0.6 is 0 Å². The van der Waals surface area contributed by atoms with E-state index >= 15 is 0 Å². The van der Waals surface area contributed by atoms with Crippen LogP contribution in [0.1, 0.15) is 16.7 Å². The molecule has 1 aromatic heterocycles. The predicted octanol–water partition coefficient (Wildman–Crippen LogP) is 5.00. The van der Waals surface area contributed by atoms with E-state index in [1.807, 2.05) is 56.3 Å². The van der Waals surface area contributed by atoms with Gasteiger partial charge in [0, 0.05) is 11.8 Å². The number of phenolic OH excluding ortho intramolecular Hbond substituents is 1. The molecule has 5 heteroatoms. The maximum absolute atomic E-state index is 12.2. The van der Waals surface area contributed by atoms with E-state index in [-0.39, 0.29) is 18.1 Å². The topological polar surface area (TPSA) is 75.4 Å². The van der Waals surface area contributed by atoms with Crippen molar-refractivity contribution in [3.63, 3.8) is 0 Å². The second-order valence-corrected chi connectivity index (χ2v) is 6.89. The molecule has 5 nitrogen and oxygen atoms in total. The summed E-state index contributed by atoms with van der Waals surface area (Å²) in [7, 11) is 0. The van der Waals surface area contributed by atoms with E-state index in [4.69, 9.17) is 4.42 Å². The summed E-state index contributed by atoms with van der Waals surface area (Å²) < 4.78 is 5.86. The number of aromatic hydroxyl groups is 1. The second-order valence-electron chi connectivity index (χ2n) is 6.89. The van der Waals surface area contributed by atoms with Gasteiger partial charge in [-0.1, -0.05) is 36.4 Å². The molecule has 0 fully saturated rings. The first-order valence-electron chi connectivity index (χ1n) is 9.04. The summed E-state index contributed by atoms with van der Waals surface area (Å²) in [5.41, 5.74) is 5.49. The Morgan fingerprint density at radius 3 is 2.61 bits per heavy atom. The number of hydrogen-bond donors (Lipinski definition) is 2. The lowest BCUT2D eigenvalue weighted by Gasteiger charge is -2.07. The zero-order valence-electron chi connectivity index (χ0n) is 15.7. The Morgan fingerprint density at radius 1 is 1.07 bits per heavy atom. The highest BCUT2D eigenvalue weighted by atomic mass is 16.3. The average molecular weight is 372 g/mol. The van der Waals surface area contributed by atoms with Gasteiger partial charge in [0.25, 0.3) is 0 Å². The molecule has 1 heterocycles. The minimum atomic E-state index is -0.147. The van der Waals surface area contributed by atoms with E-state index in [2.05, 4.69) is 10.3 Å². The molecule has 2 N–H and O–H groups in total. The van der Waals surface area contributed by atoms with Crippen molar-refractivity contribution in [3.05, 3.63) is 77.4 Å². The first-order chi connectivity index (χ1) is 13.5. The van der Waals surface area contributed by atoms with Crippen LogP contribution in [0.2, 0.25) is 0 Å². The Hall–Kier alpha value is -3.60. The van der Waals surface area contributed by atoms with Crippen molar-refractivity contribution in [3.8, 4) is 17.2 Å². The summed E-state index contributed by atoms with van der Waals surface area (Å²) in [6, 6.07) is 18.4. The van der Waals surface area contributed by atoms with E-state index in [9.17, 15) is 9.90 Å². The fourth-order valence-corrected chi connectivity index (χ4v) is 3.27. The first kappa shape index (κ1) is 17.8. The Morgan fingerprint density at radius 2 is 1.86 bits per heavy atom. The third kappa shape index (κ3) is 3.60. The molecule has 0 aliphatic heterocycles. The van der Waals surface area contributed by atoms with Gasteiger partial charge < -0.3 is 14.8 Å².